The van der Waals surface area contributed by atoms with Crippen LogP contribution in [0.5, 0.6) is 17.2 Å². The normalized spacial score (nSPS) is 20.6. The van der Waals surface area contributed by atoms with E-state index in [1.54, 1.807) is 24.3 Å². The topological polar surface area (TPSA) is 79.5 Å². The van der Waals surface area contributed by atoms with Crippen LogP contribution in [0.2, 0.25) is 0 Å². The quantitative estimate of drug-likeness (QED) is 0.501. The van der Waals surface area contributed by atoms with Crippen molar-refractivity contribution in [2.45, 2.75) is 38.2 Å². The lowest BCUT2D eigenvalue weighted by molar-refractivity contribution is -0.138. The Labute approximate surface area is 191 Å². The second kappa shape index (κ2) is 8.25. The van der Waals surface area contributed by atoms with Crippen molar-refractivity contribution >= 4 is 5.97 Å². The number of ether oxygens (including phenoxy) is 2. The molecule has 5 nitrogen and oxygen atoms in total. The number of hydrogen-bond acceptors (Lipinski definition) is 4. The van der Waals surface area contributed by atoms with Gasteiger partial charge < -0.3 is 14.6 Å². The highest BCUT2D eigenvalue weighted by molar-refractivity contribution is 5.75. The molecule has 3 aromatic rings. The third-order valence-electron chi connectivity index (χ3n) is 6.46. The van der Waals surface area contributed by atoms with Crippen LogP contribution in [0, 0.1) is 30.0 Å². The molecule has 1 saturated carbocycles. The van der Waals surface area contributed by atoms with Gasteiger partial charge in [-0.1, -0.05) is 12.1 Å². The maximum Gasteiger partial charge on any atom is 0.307 e. The molecule has 3 unspecified atom stereocenters. The second-order valence-corrected chi connectivity index (χ2v) is 8.63. The summed E-state index contributed by atoms with van der Waals surface area (Å²) in [5.74, 6) is 0.523. The molecule has 0 spiro atoms. The molecule has 0 radical (unpaired) electrons. The number of carboxylic acids is 1. The predicted octanol–water partition coefficient (Wildman–Crippen LogP) is 6.05. The molecule has 6 heteroatoms. The molecule has 0 amide bonds. The van der Waals surface area contributed by atoms with Crippen molar-refractivity contribution in [1.82, 2.24) is 0 Å². The van der Waals surface area contributed by atoms with Crippen molar-refractivity contribution in [3.8, 4) is 23.3 Å². The van der Waals surface area contributed by atoms with E-state index in [1.807, 2.05) is 31.2 Å². The molecule has 0 saturated heterocycles. The first-order valence-corrected chi connectivity index (χ1v) is 10.9. The highest BCUT2D eigenvalue weighted by Crippen LogP contribution is 2.48. The van der Waals surface area contributed by atoms with Crippen LogP contribution in [-0.2, 0) is 11.2 Å². The molecule has 5 rings (SSSR count). The van der Waals surface area contributed by atoms with Gasteiger partial charge in [0.2, 0.25) is 0 Å². The highest BCUT2D eigenvalue weighted by atomic mass is 19.1. The maximum atomic E-state index is 14.8. The number of carbonyl (C=O) groups is 1. The van der Waals surface area contributed by atoms with E-state index in [1.165, 1.54) is 6.07 Å². The minimum absolute atomic E-state index is 0.0617. The molecule has 1 fully saturated rings. The van der Waals surface area contributed by atoms with Gasteiger partial charge >= 0.3 is 5.97 Å². The summed E-state index contributed by atoms with van der Waals surface area (Å²) in [5, 5.41) is 18.2. The van der Waals surface area contributed by atoms with Crippen LogP contribution in [0.4, 0.5) is 4.39 Å². The molecule has 0 bridgehead atoms. The summed E-state index contributed by atoms with van der Waals surface area (Å²) in [6.45, 7) is 1.87. The lowest BCUT2D eigenvalue weighted by atomic mass is 10.1. The summed E-state index contributed by atoms with van der Waals surface area (Å²) < 4.78 is 27.0. The van der Waals surface area contributed by atoms with E-state index in [4.69, 9.17) is 19.8 Å². The van der Waals surface area contributed by atoms with Gasteiger partial charge in [-0.05, 0) is 85.7 Å². The molecule has 3 atom stereocenters. The van der Waals surface area contributed by atoms with Gasteiger partial charge in [-0.2, -0.15) is 5.26 Å². The second-order valence-electron chi connectivity index (χ2n) is 8.63. The number of aliphatic carboxylic acids is 1. The van der Waals surface area contributed by atoms with Crippen LogP contribution < -0.4 is 9.47 Å². The Morgan fingerprint density at radius 1 is 1.12 bits per heavy atom. The van der Waals surface area contributed by atoms with Crippen molar-refractivity contribution < 1.29 is 23.8 Å². The van der Waals surface area contributed by atoms with E-state index < -0.39 is 12.1 Å². The lowest BCUT2D eigenvalue weighted by Crippen LogP contribution is -2.06. The van der Waals surface area contributed by atoms with Crippen molar-refractivity contribution in [3.05, 3.63) is 88.2 Å². The van der Waals surface area contributed by atoms with Crippen LogP contribution in [0.15, 0.2) is 54.6 Å². The van der Waals surface area contributed by atoms with Gasteiger partial charge in [0.15, 0.2) is 0 Å². The summed E-state index contributed by atoms with van der Waals surface area (Å²) in [6, 6.07) is 17.8. The third-order valence-corrected chi connectivity index (χ3v) is 6.46. The Morgan fingerprint density at radius 2 is 1.88 bits per heavy atom. The Morgan fingerprint density at radius 3 is 2.55 bits per heavy atom. The van der Waals surface area contributed by atoms with E-state index in [-0.39, 0.29) is 17.7 Å². The fourth-order valence-corrected chi connectivity index (χ4v) is 4.60. The first-order chi connectivity index (χ1) is 15.9. The van der Waals surface area contributed by atoms with E-state index >= 15 is 0 Å². The van der Waals surface area contributed by atoms with Crippen LogP contribution in [-0.4, -0.2) is 11.1 Å². The Bertz CT molecular complexity index is 1280. The average molecular weight is 443 g/mol. The van der Waals surface area contributed by atoms with Crippen molar-refractivity contribution in [3.63, 3.8) is 0 Å². The average Bonchev–Trinajstić information content (AvgIpc) is 3.51. The molecule has 2 aliphatic rings. The molecule has 1 N–H and O–H groups in total. The maximum absolute atomic E-state index is 14.8. The molecule has 3 aromatic carbocycles. The first kappa shape index (κ1) is 21.0. The number of hydrogen-bond donors (Lipinski definition) is 1. The first-order valence-electron chi connectivity index (χ1n) is 10.9. The van der Waals surface area contributed by atoms with E-state index in [9.17, 15) is 9.18 Å². The van der Waals surface area contributed by atoms with Gasteiger partial charge in [0.1, 0.15) is 29.2 Å². The SMILES string of the molecule is Cc1cc(C#N)ccc1Oc1ccc(F)c2c1CCC2Oc1ccc(C2CC2C(=O)O)cc1. The zero-order valence-electron chi connectivity index (χ0n) is 18.0. The number of rotatable bonds is 6. The third kappa shape index (κ3) is 4.03. The van der Waals surface area contributed by atoms with Gasteiger partial charge in [0.05, 0.1) is 17.6 Å². The molecule has 0 heterocycles. The van der Waals surface area contributed by atoms with Gasteiger partial charge in [-0.3, -0.25) is 4.79 Å². The van der Waals surface area contributed by atoms with Crippen molar-refractivity contribution in [2.24, 2.45) is 5.92 Å². The number of nitriles is 1. The van der Waals surface area contributed by atoms with Crippen LogP contribution in [0.3, 0.4) is 0 Å². The van der Waals surface area contributed by atoms with Crippen LogP contribution in [0.1, 0.15) is 52.7 Å². The molecule has 166 valence electrons. The number of carboxylic acid groups (broad SMARTS) is 1. The monoisotopic (exact) mass is 443 g/mol. The molecule has 0 aliphatic heterocycles. The Balaban J connectivity index is 1.34. The molecule has 2 aliphatic carbocycles. The van der Waals surface area contributed by atoms with E-state index in [0.717, 1.165) is 16.7 Å². The minimum atomic E-state index is -0.757. The van der Waals surface area contributed by atoms with Gasteiger partial charge in [0.25, 0.3) is 0 Å². The van der Waals surface area contributed by atoms with Crippen LogP contribution >= 0.6 is 0 Å². The van der Waals surface area contributed by atoms with E-state index in [2.05, 4.69) is 6.07 Å². The van der Waals surface area contributed by atoms with Crippen molar-refractivity contribution in [1.29, 1.82) is 5.26 Å². The molecule has 33 heavy (non-hydrogen) atoms. The summed E-state index contributed by atoms with van der Waals surface area (Å²) in [4.78, 5) is 11.1. The minimum Gasteiger partial charge on any atom is -0.486 e. The fraction of sp³-hybridized carbons (Fsp3) is 0.259. The molecule has 0 aromatic heterocycles. The summed E-state index contributed by atoms with van der Waals surface area (Å²) in [5.41, 5.74) is 3.68. The number of benzene rings is 3. The lowest BCUT2D eigenvalue weighted by Gasteiger charge is -2.17. The summed E-state index contributed by atoms with van der Waals surface area (Å²) in [7, 11) is 0. The van der Waals surface area contributed by atoms with Gasteiger partial charge in [0, 0.05) is 11.1 Å². The largest absolute Gasteiger partial charge is 0.486 e. The standard InChI is InChI=1S/C27H22FNO4/c1-15-12-16(14-29)2-9-23(15)33-24-11-8-22(28)26-19(24)7-10-25(26)32-18-5-3-17(4-6-18)20-13-21(20)27(30)31/h2-6,8-9,11-12,20-21,25H,7,10,13H2,1H3,(H,30,31). The Hall–Kier alpha value is -3.85. The number of aryl methyl sites for hydroxylation is 1. The molecular formula is C27H22FNO4. The predicted molar refractivity (Wildman–Crippen MR) is 119 cm³/mol. The number of fused-ring (bicyclic) bond motifs is 1. The summed E-state index contributed by atoms with van der Waals surface area (Å²) >= 11 is 0. The van der Waals surface area contributed by atoms with Crippen LogP contribution in [0.25, 0.3) is 0 Å². The molecular weight excluding hydrogens is 421 g/mol. The van der Waals surface area contributed by atoms with Crippen molar-refractivity contribution in [2.75, 3.05) is 0 Å². The zero-order chi connectivity index (χ0) is 23.1. The summed E-state index contributed by atoms with van der Waals surface area (Å²) in [6.07, 6.45) is 1.50. The van der Waals surface area contributed by atoms with E-state index in [0.29, 0.717) is 47.6 Å². The number of halogens is 1. The van der Waals surface area contributed by atoms with Gasteiger partial charge in [-0.25, -0.2) is 4.39 Å². The zero-order valence-corrected chi connectivity index (χ0v) is 18.0. The fourth-order valence-electron chi connectivity index (χ4n) is 4.60. The number of nitrogens with zero attached hydrogens (tertiary/aromatic N) is 1. The highest BCUT2D eigenvalue weighted by Gasteiger charge is 2.44. The van der Waals surface area contributed by atoms with Gasteiger partial charge in [-0.15, -0.1) is 0 Å². The smallest absolute Gasteiger partial charge is 0.307 e. The Kier molecular flexibility index (Phi) is 5.26.